The molecule has 0 fully saturated rings. The van der Waals surface area contributed by atoms with Crippen LogP contribution < -0.4 is 0 Å². The standard InChI is InChI=1S/4C5H5N2.Hf/c4*6-5-3-1-2-4-7-5;/h4*1-4H,(H-,6,7);/q4*-1;+4. The van der Waals surface area contributed by atoms with Gasteiger partial charge in [0.25, 0.3) is 0 Å². The molecule has 0 unspecified atom stereocenters. The van der Waals surface area contributed by atoms with Crippen molar-refractivity contribution in [2.45, 2.75) is 0 Å². The molecule has 0 aromatic carbocycles. The van der Waals surface area contributed by atoms with E-state index in [-0.39, 0.29) is 25.8 Å². The molecule has 4 heterocycles. The third-order valence-corrected chi connectivity index (χ3v) is 2.66. The Morgan fingerprint density at radius 2 is 0.586 bits per heavy atom. The third kappa shape index (κ3) is 15.4. The second-order valence-corrected chi connectivity index (χ2v) is 4.86. The van der Waals surface area contributed by atoms with Crippen molar-refractivity contribution in [3.8, 4) is 0 Å². The topological polar surface area (TPSA) is 147 Å². The van der Waals surface area contributed by atoms with E-state index >= 15 is 0 Å². The van der Waals surface area contributed by atoms with E-state index in [0.717, 1.165) is 0 Å². The van der Waals surface area contributed by atoms with Crippen LogP contribution in [-0.2, 0) is 25.8 Å². The van der Waals surface area contributed by atoms with Gasteiger partial charge in [-0.2, -0.15) is 0 Å². The molecular weight excluding hydrogens is 531 g/mol. The summed E-state index contributed by atoms with van der Waals surface area (Å²) in [6, 6.07) is 20.9. The van der Waals surface area contributed by atoms with Crippen LogP contribution >= 0.6 is 0 Å². The molecule has 0 spiro atoms. The Labute approximate surface area is 189 Å². The smallest absolute Gasteiger partial charge is 0.482 e. The molecule has 0 bridgehead atoms. The van der Waals surface area contributed by atoms with Gasteiger partial charge in [0, 0.05) is 0 Å². The van der Waals surface area contributed by atoms with Crippen LogP contribution in [0.15, 0.2) is 97.6 Å². The zero-order valence-corrected chi connectivity index (χ0v) is 19.1. The Morgan fingerprint density at radius 3 is 0.655 bits per heavy atom. The van der Waals surface area contributed by atoms with E-state index in [4.69, 9.17) is 22.9 Å². The molecule has 0 aliphatic rings. The summed E-state index contributed by atoms with van der Waals surface area (Å²) >= 11 is 0. The predicted octanol–water partition coefficient (Wildman–Crippen LogP) is 7.06. The van der Waals surface area contributed by atoms with Crippen LogP contribution in [0.5, 0.6) is 0 Å². The molecule has 8 nitrogen and oxygen atoms in total. The van der Waals surface area contributed by atoms with Crippen molar-refractivity contribution >= 4 is 23.3 Å². The summed E-state index contributed by atoms with van der Waals surface area (Å²) < 4.78 is 0. The number of rotatable bonds is 0. The molecule has 0 aliphatic heterocycles. The van der Waals surface area contributed by atoms with Crippen LogP contribution in [0.4, 0.5) is 23.3 Å². The first-order valence-corrected chi connectivity index (χ1v) is 8.08. The van der Waals surface area contributed by atoms with Crippen LogP contribution in [0.25, 0.3) is 22.9 Å². The number of pyridine rings is 4. The molecule has 0 amide bonds. The average Bonchev–Trinajstić information content (AvgIpc) is 2.72. The molecule has 0 aliphatic carbocycles. The zero-order valence-electron chi connectivity index (χ0n) is 15.5. The quantitative estimate of drug-likeness (QED) is 0.215. The van der Waals surface area contributed by atoms with E-state index in [9.17, 15) is 0 Å². The summed E-state index contributed by atoms with van der Waals surface area (Å²) in [6.07, 6.45) is 6.40. The Balaban J connectivity index is 0.000000356. The van der Waals surface area contributed by atoms with Gasteiger partial charge in [-0.1, -0.05) is 121 Å². The molecule has 4 rings (SSSR count). The maximum Gasteiger partial charge on any atom is 4.00 e. The van der Waals surface area contributed by atoms with Gasteiger partial charge in [-0.05, 0) is 0 Å². The van der Waals surface area contributed by atoms with Crippen LogP contribution in [-0.4, -0.2) is 19.9 Å². The van der Waals surface area contributed by atoms with Gasteiger partial charge in [0.1, 0.15) is 0 Å². The van der Waals surface area contributed by atoms with Gasteiger partial charge in [0.05, 0.1) is 0 Å². The first-order valence-electron chi connectivity index (χ1n) is 8.08. The van der Waals surface area contributed by atoms with Crippen molar-refractivity contribution in [1.29, 1.82) is 0 Å². The molecule has 0 saturated heterocycles. The zero-order chi connectivity index (χ0) is 20.5. The van der Waals surface area contributed by atoms with Gasteiger partial charge >= 0.3 is 25.8 Å². The fourth-order valence-corrected chi connectivity index (χ4v) is 1.45. The van der Waals surface area contributed by atoms with Crippen molar-refractivity contribution in [3.63, 3.8) is 0 Å². The van der Waals surface area contributed by atoms with Gasteiger partial charge < -0.3 is 42.9 Å². The summed E-state index contributed by atoms with van der Waals surface area (Å²) in [5.74, 6) is 1.29. The maximum absolute atomic E-state index is 6.88. The summed E-state index contributed by atoms with van der Waals surface area (Å²) in [5.41, 5.74) is 27.5. The number of hydrogen-bond donors (Lipinski definition) is 0. The summed E-state index contributed by atoms with van der Waals surface area (Å²) in [7, 11) is 0. The van der Waals surface area contributed by atoms with Gasteiger partial charge in [-0.15, -0.1) is 0 Å². The summed E-state index contributed by atoms with van der Waals surface area (Å²) in [6.45, 7) is 0. The van der Waals surface area contributed by atoms with E-state index in [1.165, 1.54) is 0 Å². The van der Waals surface area contributed by atoms with E-state index in [2.05, 4.69) is 19.9 Å². The molecular formula is C20H20HfN8. The molecule has 4 N–H and O–H groups in total. The second-order valence-electron chi connectivity index (χ2n) is 4.86. The molecule has 0 saturated carbocycles. The van der Waals surface area contributed by atoms with Crippen molar-refractivity contribution in [2.75, 3.05) is 0 Å². The van der Waals surface area contributed by atoms with Crippen LogP contribution in [0.1, 0.15) is 0 Å². The molecule has 0 atom stereocenters. The number of nitrogens with one attached hydrogen (secondary N) is 4. The SMILES string of the molecule is [Hf+4].[NH-]c1ccccn1.[NH-]c1ccccn1.[NH-]c1ccccn1.[NH-]c1ccccn1. The first kappa shape index (κ1) is 25.7. The minimum Gasteiger partial charge on any atom is -0.482 e. The predicted molar refractivity (Wildman–Crippen MR) is 113 cm³/mol. The Bertz CT molecular complexity index is 700. The molecule has 0 radical (unpaired) electrons. The van der Waals surface area contributed by atoms with Crippen LogP contribution in [0.3, 0.4) is 0 Å². The van der Waals surface area contributed by atoms with Crippen molar-refractivity contribution in [3.05, 3.63) is 121 Å². The largest absolute Gasteiger partial charge is 4.00 e. The molecule has 29 heavy (non-hydrogen) atoms. The fraction of sp³-hybridized carbons (Fsp3) is 0. The van der Waals surface area contributed by atoms with E-state index in [0.29, 0.717) is 23.3 Å². The van der Waals surface area contributed by atoms with E-state index in [1.54, 1.807) is 97.6 Å². The van der Waals surface area contributed by atoms with Crippen molar-refractivity contribution < 1.29 is 25.8 Å². The average molecular weight is 551 g/mol. The van der Waals surface area contributed by atoms with Gasteiger partial charge in [0.15, 0.2) is 0 Å². The first-order chi connectivity index (χ1) is 13.6. The maximum atomic E-state index is 6.88. The molecule has 144 valence electrons. The third-order valence-electron chi connectivity index (χ3n) is 2.66. The van der Waals surface area contributed by atoms with Gasteiger partial charge in [-0.3, -0.25) is 0 Å². The van der Waals surface area contributed by atoms with Gasteiger partial charge in [-0.25, -0.2) is 0 Å². The van der Waals surface area contributed by atoms with Crippen LogP contribution in [0.2, 0.25) is 0 Å². The number of nitrogens with zero attached hydrogens (tertiary/aromatic N) is 4. The number of aromatic nitrogens is 4. The molecule has 4 aromatic rings. The van der Waals surface area contributed by atoms with E-state index < -0.39 is 0 Å². The Hall–Kier alpha value is -3.33. The van der Waals surface area contributed by atoms with E-state index in [1.807, 2.05) is 0 Å². The Kier molecular flexibility index (Phi) is 14.9. The van der Waals surface area contributed by atoms with Crippen molar-refractivity contribution in [1.82, 2.24) is 19.9 Å². The summed E-state index contributed by atoms with van der Waals surface area (Å²) in [5, 5.41) is 0. The number of hydrogen-bond acceptors (Lipinski definition) is 4. The second kappa shape index (κ2) is 16.8. The summed E-state index contributed by atoms with van der Waals surface area (Å²) in [4.78, 5) is 14.6. The monoisotopic (exact) mass is 552 g/mol. The molecule has 9 heteroatoms. The van der Waals surface area contributed by atoms with Crippen molar-refractivity contribution in [2.24, 2.45) is 0 Å². The minimum atomic E-state index is 0. The molecule has 4 aromatic heterocycles. The normalized spacial score (nSPS) is 8.28. The fourth-order valence-electron chi connectivity index (χ4n) is 1.45. The Morgan fingerprint density at radius 1 is 0.379 bits per heavy atom. The van der Waals surface area contributed by atoms with Crippen LogP contribution in [0, 0.1) is 0 Å². The minimum absolute atomic E-state index is 0. The van der Waals surface area contributed by atoms with Gasteiger partial charge in [0.2, 0.25) is 0 Å².